The number of rotatable bonds is 4. The van der Waals surface area contributed by atoms with Crippen molar-refractivity contribution in [1.29, 1.82) is 0 Å². The van der Waals surface area contributed by atoms with Crippen LogP contribution in [-0.2, 0) is 11.3 Å². The number of halogens is 1. The Kier molecular flexibility index (Phi) is 3.93. The molecule has 3 aromatic rings. The standard InChI is InChI=1S/C15H12ClN3O3/c1-21-15(20)11-6-4-8-14-17-13(18-19(11)14)9-22-12-7-3-2-5-10(12)16/h2-8H,9H2,1H3. The highest BCUT2D eigenvalue weighted by molar-refractivity contribution is 6.32. The summed E-state index contributed by atoms with van der Waals surface area (Å²) in [6.45, 7) is 0.145. The maximum Gasteiger partial charge on any atom is 0.356 e. The molecule has 0 atom stereocenters. The van der Waals surface area contributed by atoms with Crippen molar-refractivity contribution in [2.24, 2.45) is 0 Å². The average molecular weight is 318 g/mol. The number of carbonyl (C=O) groups is 1. The molecule has 0 radical (unpaired) electrons. The lowest BCUT2D eigenvalue weighted by Crippen LogP contribution is -2.09. The van der Waals surface area contributed by atoms with Crippen LogP contribution in [0.4, 0.5) is 0 Å². The number of carbonyl (C=O) groups excluding carboxylic acids is 1. The fraction of sp³-hybridized carbons (Fsp3) is 0.133. The molecular formula is C15H12ClN3O3. The van der Waals surface area contributed by atoms with Crippen LogP contribution in [0.25, 0.3) is 5.65 Å². The largest absolute Gasteiger partial charge is 0.484 e. The van der Waals surface area contributed by atoms with Gasteiger partial charge in [0.15, 0.2) is 17.2 Å². The highest BCUT2D eigenvalue weighted by atomic mass is 35.5. The first-order chi connectivity index (χ1) is 10.7. The van der Waals surface area contributed by atoms with Gasteiger partial charge in [0.05, 0.1) is 12.1 Å². The van der Waals surface area contributed by atoms with Crippen LogP contribution >= 0.6 is 11.6 Å². The molecule has 0 saturated carbocycles. The van der Waals surface area contributed by atoms with Crippen molar-refractivity contribution in [3.63, 3.8) is 0 Å². The third-order valence-electron chi connectivity index (χ3n) is 2.99. The van der Waals surface area contributed by atoms with E-state index in [0.717, 1.165) is 0 Å². The van der Waals surface area contributed by atoms with E-state index in [1.54, 1.807) is 30.3 Å². The molecule has 1 aromatic carbocycles. The summed E-state index contributed by atoms with van der Waals surface area (Å²) < 4.78 is 11.7. The second kappa shape index (κ2) is 6.03. The number of aromatic nitrogens is 3. The van der Waals surface area contributed by atoms with Crippen molar-refractivity contribution in [3.05, 3.63) is 59.0 Å². The van der Waals surface area contributed by atoms with Gasteiger partial charge in [-0.25, -0.2) is 14.3 Å². The predicted octanol–water partition coefficient (Wildman–Crippen LogP) is 2.75. The lowest BCUT2D eigenvalue weighted by Gasteiger charge is -2.04. The van der Waals surface area contributed by atoms with Crippen LogP contribution in [0.1, 0.15) is 16.3 Å². The molecule has 0 aliphatic carbocycles. The number of pyridine rings is 1. The molecular weight excluding hydrogens is 306 g/mol. The summed E-state index contributed by atoms with van der Waals surface area (Å²) in [6.07, 6.45) is 0. The monoisotopic (exact) mass is 317 g/mol. The van der Waals surface area contributed by atoms with Gasteiger partial charge >= 0.3 is 5.97 Å². The molecule has 0 aliphatic rings. The van der Waals surface area contributed by atoms with Crippen molar-refractivity contribution in [1.82, 2.24) is 14.6 Å². The van der Waals surface area contributed by atoms with E-state index in [-0.39, 0.29) is 6.61 Å². The topological polar surface area (TPSA) is 65.7 Å². The van der Waals surface area contributed by atoms with Crippen LogP contribution in [0.15, 0.2) is 42.5 Å². The van der Waals surface area contributed by atoms with Gasteiger partial charge in [0.1, 0.15) is 12.4 Å². The molecule has 0 bridgehead atoms. The van der Waals surface area contributed by atoms with Gasteiger partial charge in [0, 0.05) is 0 Å². The minimum Gasteiger partial charge on any atom is -0.484 e. The summed E-state index contributed by atoms with van der Waals surface area (Å²) >= 11 is 6.02. The van der Waals surface area contributed by atoms with E-state index < -0.39 is 5.97 Å². The second-order valence-electron chi connectivity index (χ2n) is 4.42. The first-order valence-electron chi connectivity index (χ1n) is 6.49. The first kappa shape index (κ1) is 14.3. The van der Waals surface area contributed by atoms with Crippen molar-refractivity contribution >= 4 is 23.2 Å². The van der Waals surface area contributed by atoms with Crippen LogP contribution in [0.3, 0.4) is 0 Å². The third-order valence-corrected chi connectivity index (χ3v) is 3.30. The van der Waals surface area contributed by atoms with E-state index in [1.807, 2.05) is 12.1 Å². The van der Waals surface area contributed by atoms with Gasteiger partial charge in [-0.05, 0) is 24.3 Å². The number of hydrogen-bond donors (Lipinski definition) is 0. The van der Waals surface area contributed by atoms with Crippen molar-refractivity contribution < 1.29 is 14.3 Å². The number of benzene rings is 1. The number of ether oxygens (including phenoxy) is 2. The molecule has 0 spiro atoms. The molecule has 2 aromatic heterocycles. The highest BCUT2D eigenvalue weighted by Crippen LogP contribution is 2.23. The number of esters is 1. The number of nitrogens with zero attached hydrogens (tertiary/aromatic N) is 3. The molecule has 0 amide bonds. The summed E-state index contributed by atoms with van der Waals surface area (Å²) in [5.74, 6) is 0.515. The van der Waals surface area contributed by atoms with E-state index in [9.17, 15) is 4.79 Å². The summed E-state index contributed by atoms with van der Waals surface area (Å²) in [7, 11) is 1.32. The van der Waals surface area contributed by atoms with E-state index in [0.29, 0.717) is 27.9 Å². The first-order valence-corrected chi connectivity index (χ1v) is 6.87. The van der Waals surface area contributed by atoms with Crippen LogP contribution in [-0.4, -0.2) is 27.7 Å². The van der Waals surface area contributed by atoms with Gasteiger partial charge in [0.2, 0.25) is 0 Å². The predicted molar refractivity (Wildman–Crippen MR) is 80.1 cm³/mol. The Morgan fingerprint density at radius 2 is 2.05 bits per heavy atom. The van der Waals surface area contributed by atoms with E-state index >= 15 is 0 Å². The Morgan fingerprint density at radius 1 is 1.23 bits per heavy atom. The fourth-order valence-electron chi connectivity index (χ4n) is 1.97. The molecule has 3 rings (SSSR count). The van der Waals surface area contributed by atoms with Gasteiger partial charge in [-0.2, -0.15) is 0 Å². The van der Waals surface area contributed by atoms with E-state index in [4.69, 9.17) is 21.1 Å². The lowest BCUT2D eigenvalue weighted by molar-refractivity contribution is 0.0590. The average Bonchev–Trinajstić information content (AvgIpc) is 2.96. The Bertz CT molecular complexity index is 832. The molecule has 0 saturated heterocycles. The van der Waals surface area contributed by atoms with Crippen molar-refractivity contribution in [2.75, 3.05) is 7.11 Å². The Morgan fingerprint density at radius 3 is 2.82 bits per heavy atom. The van der Waals surface area contributed by atoms with Crippen LogP contribution < -0.4 is 4.74 Å². The maximum atomic E-state index is 11.7. The van der Waals surface area contributed by atoms with Crippen molar-refractivity contribution in [3.8, 4) is 5.75 Å². The summed E-state index contributed by atoms with van der Waals surface area (Å²) in [5.41, 5.74) is 0.845. The molecule has 22 heavy (non-hydrogen) atoms. The minimum atomic E-state index is -0.478. The van der Waals surface area contributed by atoms with E-state index in [1.165, 1.54) is 11.6 Å². The molecule has 0 aliphatic heterocycles. The molecule has 0 unspecified atom stereocenters. The zero-order chi connectivity index (χ0) is 15.5. The van der Waals surface area contributed by atoms with Crippen LogP contribution in [0.2, 0.25) is 5.02 Å². The quantitative estimate of drug-likeness (QED) is 0.692. The molecule has 7 heteroatoms. The molecule has 0 fully saturated rings. The minimum absolute atomic E-state index is 0.145. The normalized spacial score (nSPS) is 10.6. The smallest absolute Gasteiger partial charge is 0.356 e. The third kappa shape index (κ3) is 2.73. The van der Waals surface area contributed by atoms with Gasteiger partial charge < -0.3 is 9.47 Å². The fourth-order valence-corrected chi connectivity index (χ4v) is 2.16. The number of fused-ring (bicyclic) bond motifs is 1. The van der Waals surface area contributed by atoms with Crippen molar-refractivity contribution in [2.45, 2.75) is 6.61 Å². The van der Waals surface area contributed by atoms with Gasteiger partial charge in [-0.1, -0.05) is 29.8 Å². The van der Waals surface area contributed by atoms with Gasteiger partial charge in [0.25, 0.3) is 0 Å². The zero-order valence-electron chi connectivity index (χ0n) is 11.7. The molecule has 0 N–H and O–H groups in total. The number of para-hydroxylation sites is 1. The zero-order valence-corrected chi connectivity index (χ0v) is 12.4. The number of methoxy groups -OCH3 is 1. The second-order valence-corrected chi connectivity index (χ2v) is 4.83. The summed E-state index contributed by atoms with van der Waals surface area (Å²) in [4.78, 5) is 16.0. The molecule has 2 heterocycles. The van der Waals surface area contributed by atoms with Crippen LogP contribution in [0.5, 0.6) is 5.75 Å². The Labute approximate surface area is 131 Å². The Hall–Kier alpha value is -2.60. The van der Waals surface area contributed by atoms with Gasteiger partial charge in [-0.15, -0.1) is 5.10 Å². The molecule has 112 valence electrons. The van der Waals surface area contributed by atoms with Crippen LogP contribution in [0, 0.1) is 0 Å². The lowest BCUT2D eigenvalue weighted by atomic mass is 10.3. The van der Waals surface area contributed by atoms with E-state index in [2.05, 4.69) is 10.1 Å². The maximum absolute atomic E-state index is 11.7. The van der Waals surface area contributed by atoms with Gasteiger partial charge in [-0.3, -0.25) is 0 Å². The highest BCUT2D eigenvalue weighted by Gasteiger charge is 2.14. The summed E-state index contributed by atoms with van der Waals surface area (Å²) in [6, 6.07) is 12.2. The summed E-state index contributed by atoms with van der Waals surface area (Å²) in [5, 5.41) is 4.78. The molecule has 6 nitrogen and oxygen atoms in total. The number of hydrogen-bond acceptors (Lipinski definition) is 5. The Balaban J connectivity index is 1.86. The SMILES string of the molecule is COC(=O)c1cccc2nc(COc3ccccc3Cl)nn12.